The van der Waals surface area contributed by atoms with E-state index in [4.69, 9.17) is 10.2 Å². The number of carbonyl (C=O) groups is 2. The van der Waals surface area contributed by atoms with Gasteiger partial charge >= 0.3 is 11.9 Å². The highest BCUT2D eigenvalue weighted by molar-refractivity contribution is 5.98. The first-order valence-corrected chi connectivity index (χ1v) is 5.87. The Morgan fingerprint density at radius 1 is 1.00 bits per heavy atom. The maximum absolute atomic E-state index is 11.2. The van der Waals surface area contributed by atoms with Gasteiger partial charge in [-0.15, -0.1) is 0 Å². The molecule has 0 aromatic heterocycles. The lowest BCUT2D eigenvalue weighted by Crippen LogP contribution is -2.17. The van der Waals surface area contributed by atoms with Gasteiger partial charge in [-0.25, -0.2) is 9.59 Å². The van der Waals surface area contributed by atoms with Crippen molar-refractivity contribution < 1.29 is 19.8 Å². The van der Waals surface area contributed by atoms with Crippen LogP contribution in [0.3, 0.4) is 0 Å². The summed E-state index contributed by atoms with van der Waals surface area (Å²) in [7, 11) is 0. The maximum atomic E-state index is 11.2. The van der Waals surface area contributed by atoms with Crippen molar-refractivity contribution in [3.8, 4) is 0 Å². The molecule has 17 heavy (non-hydrogen) atoms. The Labute approximate surface area is 102 Å². The van der Waals surface area contributed by atoms with Crippen LogP contribution >= 0.6 is 0 Å². The molecular formula is C13H22O4. The molecule has 98 valence electrons. The van der Waals surface area contributed by atoms with Crippen molar-refractivity contribution in [1.82, 2.24) is 0 Å². The highest BCUT2D eigenvalue weighted by Gasteiger charge is 2.24. The van der Waals surface area contributed by atoms with Gasteiger partial charge in [0.05, 0.1) is 0 Å². The number of carboxylic acid groups (broad SMARTS) is 2. The molecule has 0 aliphatic carbocycles. The minimum atomic E-state index is -1.12. The van der Waals surface area contributed by atoms with Crippen molar-refractivity contribution in [2.45, 2.75) is 53.4 Å². The smallest absolute Gasteiger partial charge is 0.332 e. The fourth-order valence-electron chi connectivity index (χ4n) is 1.58. The zero-order valence-electron chi connectivity index (χ0n) is 11.0. The van der Waals surface area contributed by atoms with Crippen molar-refractivity contribution in [2.75, 3.05) is 0 Å². The Hall–Kier alpha value is -1.32. The molecule has 0 atom stereocenters. The topological polar surface area (TPSA) is 74.6 Å². The van der Waals surface area contributed by atoms with E-state index >= 15 is 0 Å². The maximum Gasteiger partial charge on any atom is 0.332 e. The summed E-state index contributed by atoms with van der Waals surface area (Å²) in [4.78, 5) is 22.3. The molecule has 0 unspecified atom stereocenters. The first-order chi connectivity index (χ1) is 7.69. The molecule has 0 rings (SSSR count). The van der Waals surface area contributed by atoms with Crippen LogP contribution in [0.2, 0.25) is 0 Å². The van der Waals surface area contributed by atoms with E-state index in [1.54, 1.807) is 0 Å². The van der Waals surface area contributed by atoms with Gasteiger partial charge in [-0.2, -0.15) is 0 Å². The Bertz CT molecular complexity index is 321. The van der Waals surface area contributed by atoms with E-state index in [1.807, 2.05) is 27.7 Å². The average Bonchev–Trinajstić information content (AvgIpc) is 2.14. The van der Waals surface area contributed by atoms with E-state index < -0.39 is 11.9 Å². The van der Waals surface area contributed by atoms with E-state index in [0.29, 0.717) is 12.8 Å². The lowest BCUT2D eigenvalue weighted by molar-refractivity contribution is -0.136. The number of aliphatic carboxylic acids is 2. The summed E-state index contributed by atoms with van der Waals surface area (Å²) in [6, 6.07) is 0. The predicted molar refractivity (Wildman–Crippen MR) is 65.9 cm³/mol. The molecule has 0 heterocycles. The molecule has 0 fully saturated rings. The Morgan fingerprint density at radius 2 is 1.47 bits per heavy atom. The Balaban J connectivity index is 5.28. The molecule has 2 N–H and O–H groups in total. The molecule has 0 aliphatic heterocycles. The molecule has 0 spiro atoms. The number of unbranched alkanes of at least 4 members (excludes halogenated alkanes) is 1. The fourth-order valence-corrected chi connectivity index (χ4v) is 1.58. The third-order valence-corrected chi connectivity index (χ3v) is 2.37. The second-order valence-electron chi connectivity index (χ2n) is 5.41. The molecule has 0 saturated heterocycles. The van der Waals surface area contributed by atoms with Crippen LogP contribution in [-0.4, -0.2) is 22.2 Å². The van der Waals surface area contributed by atoms with Gasteiger partial charge < -0.3 is 10.2 Å². The molecule has 0 aliphatic rings. The van der Waals surface area contributed by atoms with Crippen LogP contribution in [0.5, 0.6) is 0 Å². The van der Waals surface area contributed by atoms with Crippen molar-refractivity contribution in [3.63, 3.8) is 0 Å². The zero-order valence-corrected chi connectivity index (χ0v) is 11.0. The lowest BCUT2D eigenvalue weighted by atomic mass is 9.85. The molecule has 0 radical (unpaired) electrons. The van der Waals surface area contributed by atoms with Gasteiger partial charge in [0.15, 0.2) is 0 Å². The van der Waals surface area contributed by atoms with Crippen LogP contribution in [-0.2, 0) is 9.59 Å². The first-order valence-electron chi connectivity index (χ1n) is 5.87. The zero-order chi connectivity index (χ0) is 13.6. The monoisotopic (exact) mass is 242 g/mol. The van der Waals surface area contributed by atoms with E-state index in [1.165, 1.54) is 0 Å². The van der Waals surface area contributed by atoms with Crippen LogP contribution in [0, 0.1) is 5.41 Å². The highest BCUT2D eigenvalue weighted by atomic mass is 16.4. The van der Waals surface area contributed by atoms with Crippen molar-refractivity contribution in [1.29, 1.82) is 0 Å². The largest absolute Gasteiger partial charge is 0.478 e. The van der Waals surface area contributed by atoms with Gasteiger partial charge in [0.1, 0.15) is 0 Å². The van der Waals surface area contributed by atoms with Crippen molar-refractivity contribution >= 4 is 11.9 Å². The highest BCUT2D eigenvalue weighted by Crippen LogP contribution is 2.28. The third kappa shape index (κ3) is 6.09. The van der Waals surface area contributed by atoms with Crippen LogP contribution in [0.4, 0.5) is 0 Å². The summed E-state index contributed by atoms with van der Waals surface area (Å²) < 4.78 is 0. The summed E-state index contributed by atoms with van der Waals surface area (Å²) in [5, 5.41) is 18.2. The van der Waals surface area contributed by atoms with Crippen LogP contribution in [0.15, 0.2) is 11.1 Å². The third-order valence-electron chi connectivity index (χ3n) is 2.37. The van der Waals surface area contributed by atoms with Gasteiger partial charge in [0.2, 0.25) is 0 Å². The molecule has 0 bridgehead atoms. The van der Waals surface area contributed by atoms with Gasteiger partial charge in [0.25, 0.3) is 0 Å². The summed E-state index contributed by atoms with van der Waals surface area (Å²) in [5.74, 6) is -2.23. The molecule has 0 aromatic rings. The summed E-state index contributed by atoms with van der Waals surface area (Å²) in [6.45, 7) is 7.64. The predicted octanol–water partition coefficient (Wildman–Crippen LogP) is 3.08. The fraction of sp³-hybridized carbons (Fsp3) is 0.692. The lowest BCUT2D eigenvalue weighted by Gasteiger charge is -2.20. The number of hydrogen-bond donors (Lipinski definition) is 2. The molecular weight excluding hydrogens is 220 g/mol. The number of carboxylic acids is 2. The molecule has 0 aromatic carbocycles. The average molecular weight is 242 g/mol. The van der Waals surface area contributed by atoms with E-state index in [0.717, 1.165) is 6.42 Å². The summed E-state index contributed by atoms with van der Waals surface area (Å²) in [5.41, 5.74) is -0.145. The Kier molecular flexibility index (Phi) is 5.93. The summed E-state index contributed by atoms with van der Waals surface area (Å²) in [6.07, 6.45) is 2.14. The van der Waals surface area contributed by atoms with E-state index in [9.17, 15) is 9.59 Å². The van der Waals surface area contributed by atoms with Crippen LogP contribution < -0.4 is 0 Å². The molecule has 4 heteroatoms. The van der Waals surface area contributed by atoms with Gasteiger partial charge in [-0.05, 0) is 24.7 Å². The van der Waals surface area contributed by atoms with Gasteiger partial charge in [0, 0.05) is 11.1 Å². The molecule has 0 saturated carbocycles. The summed E-state index contributed by atoms with van der Waals surface area (Å²) >= 11 is 0. The van der Waals surface area contributed by atoms with Gasteiger partial charge in [-0.3, -0.25) is 0 Å². The number of hydrogen-bond acceptors (Lipinski definition) is 2. The van der Waals surface area contributed by atoms with Crippen molar-refractivity contribution in [3.05, 3.63) is 11.1 Å². The minimum absolute atomic E-state index is 0.0402. The molecule has 4 nitrogen and oxygen atoms in total. The second kappa shape index (κ2) is 6.42. The Morgan fingerprint density at radius 3 is 1.76 bits per heavy atom. The normalized spacial score (nSPS) is 13.2. The van der Waals surface area contributed by atoms with Gasteiger partial charge in [-0.1, -0.05) is 34.1 Å². The van der Waals surface area contributed by atoms with E-state index in [-0.39, 0.29) is 23.0 Å². The van der Waals surface area contributed by atoms with E-state index in [2.05, 4.69) is 0 Å². The molecule has 0 amide bonds. The SMILES string of the molecule is CCCCC(C(=O)O)=C(CC(C)(C)C)C(=O)O. The standard InChI is InChI=1S/C13H22O4/c1-5-6-7-9(11(14)15)10(12(16)17)8-13(2,3)4/h5-8H2,1-4H3,(H,14,15)(H,16,17). The first kappa shape index (κ1) is 15.7. The minimum Gasteiger partial charge on any atom is -0.478 e. The van der Waals surface area contributed by atoms with Crippen LogP contribution in [0.25, 0.3) is 0 Å². The van der Waals surface area contributed by atoms with Crippen molar-refractivity contribution in [2.24, 2.45) is 5.41 Å². The number of rotatable bonds is 6. The second-order valence-corrected chi connectivity index (χ2v) is 5.41. The quantitative estimate of drug-likeness (QED) is 0.702. The van der Waals surface area contributed by atoms with Crippen LogP contribution in [0.1, 0.15) is 53.4 Å².